The van der Waals surface area contributed by atoms with E-state index in [2.05, 4.69) is 10.3 Å². The Morgan fingerprint density at radius 3 is 3.12 bits per heavy atom. The number of nitrogens with one attached hydrogen (secondary N) is 1. The summed E-state index contributed by atoms with van der Waals surface area (Å²) in [6, 6.07) is 3.62. The molecular formula is C11H10ClN3O. The van der Waals surface area contributed by atoms with E-state index in [1.165, 1.54) is 13.1 Å². The number of hydrogen-bond donors (Lipinski definition) is 1. The average molecular weight is 236 g/mol. The van der Waals surface area contributed by atoms with Gasteiger partial charge in [0.1, 0.15) is 11.2 Å². The van der Waals surface area contributed by atoms with Gasteiger partial charge >= 0.3 is 0 Å². The maximum Gasteiger partial charge on any atom is 0.217 e. The summed E-state index contributed by atoms with van der Waals surface area (Å²) in [6.07, 6.45) is 4.87. The lowest BCUT2D eigenvalue weighted by Gasteiger charge is -1.98. The van der Waals surface area contributed by atoms with Crippen LogP contribution in [0.25, 0.3) is 6.08 Å². The fourth-order valence-electron chi connectivity index (χ4n) is 1.03. The largest absolute Gasteiger partial charge is 0.353 e. The Morgan fingerprint density at radius 2 is 2.50 bits per heavy atom. The highest BCUT2D eigenvalue weighted by atomic mass is 35.5. The molecule has 1 rings (SSSR count). The predicted octanol–water partition coefficient (Wildman–Crippen LogP) is 1.76. The lowest BCUT2D eigenvalue weighted by Crippen LogP contribution is -2.19. The normalized spacial score (nSPS) is 10.1. The minimum atomic E-state index is -0.0975. The Kier molecular flexibility index (Phi) is 4.49. The molecule has 0 bridgehead atoms. The van der Waals surface area contributed by atoms with Gasteiger partial charge in [-0.25, -0.2) is 4.98 Å². The molecule has 1 aromatic heterocycles. The van der Waals surface area contributed by atoms with Crippen LogP contribution in [0.4, 0.5) is 0 Å². The van der Waals surface area contributed by atoms with E-state index in [-0.39, 0.29) is 5.91 Å². The maximum atomic E-state index is 10.6. The first-order valence-corrected chi connectivity index (χ1v) is 4.98. The van der Waals surface area contributed by atoms with Gasteiger partial charge in [0.05, 0.1) is 5.56 Å². The number of aromatic nitrogens is 1. The summed E-state index contributed by atoms with van der Waals surface area (Å²) >= 11 is 5.84. The van der Waals surface area contributed by atoms with Crippen molar-refractivity contribution >= 4 is 23.6 Å². The Balaban J connectivity index is 2.73. The fraction of sp³-hybridized carbons (Fsp3) is 0.182. The molecule has 0 radical (unpaired) electrons. The molecule has 0 spiro atoms. The first-order chi connectivity index (χ1) is 7.63. The maximum absolute atomic E-state index is 10.6. The van der Waals surface area contributed by atoms with Gasteiger partial charge in [-0.2, -0.15) is 5.26 Å². The summed E-state index contributed by atoms with van der Waals surface area (Å²) in [6.45, 7) is 1.86. The van der Waals surface area contributed by atoms with Gasteiger partial charge in [0, 0.05) is 25.2 Å². The second kappa shape index (κ2) is 5.89. The lowest BCUT2D eigenvalue weighted by atomic mass is 10.2. The molecule has 0 aliphatic carbocycles. The molecule has 0 saturated heterocycles. The van der Waals surface area contributed by atoms with Gasteiger partial charge < -0.3 is 5.32 Å². The third-order valence-corrected chi connectivity index (χ3v) is 2.08. The molecule has 0 aromatic carbocycles. The van der Waals surface area contributed by atoms with Crippen LogP contribution in [0.15, 0.2) is 18.3 Å². The number of halogens is 1. The molecule has 16 heavy (non-hydrogen) atoms. The number of hydrogen-bond acceptors (Lipinski definition) is 3. The standard InChI is InChI=1S/C11H10ClN3O/c1-8(16)14-4-2-3-10-5-9(6-13)7-15-11(10)12/h2-3,5,7H,4H2,1H3,(H,14,16). The Bertz CT molecular complexity index is 463. The van der Waals surface area contributed by atoms with E-state index in [0.717, 1.165) is 0 Å². The van der Waals surface area contributed by atoms with E-state index in [4.69, 9.17) is 16.9 Å². The molecule has 1 N–H and O–H groups in total. The van der Waals surface area contributed by atoms with Crippen LogP contribution in [0.3, 0.4) is 0 Å². The summed E-state index contributed by atoms with van der Waals surface area (Å²) in [5, 5.41) is 11.6. The van der Waals surface area contributed by atoms with Crippen LogP contribution in [0.1, 0.15) is 18.1 Å². The number of carbonyl (C=O) groups excluding carboxylic acids is 1. The van der Waals surface area contributed by atoms with Gasteiger partial charge in [-0.05, 0) is 6.07 Å². The molecule has 4 nitrogen and oxygen atoms in total. The predicted molar refractivity (Wildman–Crippen MR) is 61.7 cm³/mol. The van der Waals surface area contributed by atoms with Crippen LogP contribution in [-0.2, 0) is 4.79 Å². The molecule has 0 aliphatic heterocycles. The van der Waals surface area contributed by atoms with Crippen LogP contribution < -0.4 is 5.32 Å². The number of nitrogens with zero attached hydrogens (tertiary/aromatic N) is 2. The molecule has 1 aromatic rings. The highest BCUT2D eigenvalue weighted by molar-refractivity contribution is 6.30. The van der Waals surface area contributed by atoms with Crippen molar-refractivity contribution in [3.8, 4) is 6.07 Å². The van der Waals surface area contributed by atoms with Gasteiger partial charge in [0.15, 0.2) is 0 Å². The Morgan fingerprint density at radius 1 is 1.75 bits per heavy atom. The number of carbonyl (C=O) groups is 1. The van der Waals surface area contributed by atoms with Crippen molar-refractivity contribution in [3.63, 3.8) is 0 Å². The first-order valence-electron chi connectivity index (χ1n) is 4.60. The van der Waals surface area contributed by atoms with Crippen LogP contribution in [-0.4, -0.2) is 17.4 Å². The van der Waals surface area contributed by atoms with Gasteiger partial charge in [-0.1, -0.05) is 23.8 Å². The van der Waals surface area contributed by atoms with Crippen LogP contribution in [0.2, 0.25) is 5.15 Å². The van der Waals surface area contributed by atoms with Crippen LogP contribution in [0, 0.1) is 11.3 Å². The molecular weight excluding hydrogens is 226 g/mol. The molecule has 0 atom stereocenters. The smallest absolute Gasteiger partial charge is 0.217 e. The van der Waals surface area contributed by atoms with Crippen molar-refractivity contribution in [2.45, 2.75) is 6.92 Å². The van der Waals surface area contributed by atoms with E-state index >= 15 is 0 Å². The van der Waals surface area contributed by atoms with E-state index < -0.39 is 0 Å². The molecule has 0 aliphatic rings. The molecule has 1 amide bonds. The van der Waals surface area contributed by atoms with Gasteiger partial charge in [0.25, 0.3) is 0 Å². The fourth-order valence-corrected chi connectivity index (χ4v) is 1.20. The zero-order chi connectivity index (χ0) is 12.0. The van der Waals surface area contributed by atoms with E-state index in [1.54, 1.807) is 18.2 Å². The molecule has 0 saturated carbocycles. The summed E-state index contributed by atoms with van der Waals surface area (Å²) in [7, 11) is 0. The zero-order valence-corrected chi connectivity index (χ0v) is 9.45. The SMILES string of the molecule is CC(=O)NCC=Cc1cc(C#N)cnc1Cl. The molecule has 0 unspecified atom stereocenters. The molecule has 5 heteroatoms. The van der Waals surface area contributed by atoms with Crippen molar-refractivity contribution in [1.82, 2.24) is 10.3 Å². The number of pyridine rings is 1. The number of nitriles is 1. The second-order valence-corrected chi connectivity index (χ2v) is 3.41. The monoisotopic (exact) mass is 235 g/mol. The van der Waals surface area contributed by atoms with E-state index in [0.29, 0.717) is 22.8 Å². The lowest BCUT2D eigenvalue weighted by molar-refractivity contribution is -0.118. The second-order valence-electron chi connectivity index (χ2n) is 3.06. The third kappa shape index (κ3) is 3.71. The summed E-state index contributed by atoms with van der Waals surface area (Å²) in [5.74, 6) is -0.0975. The minimum absolute atomic E-state index is 0.0975. The van der Waals surface area contributed by atoms with Crippen LogP contribution in [0.5, 0.6) is 0 Å². The van der Waals surface area contributed by atoms with Crippen molar-refractivity contribution in [3.05, 3.63) is 34.6 Å². The van der Waals surface area contributed by atoms with Gasteiger partial charge in [-0.15, -0.1) is 0 Å². The summed E-state index contributed by atoms with van der Waals surface area (Å²) < 4.78 is 0. The first kappa shape index (κ1) is 12.2. The zero-order valence-electron chi connectivity index (χ0n) is 8.70. The van der Waals surface area contributed by atoms with Crippen molar-refractivity contribution in [2.75, 3.05) is 6.54 Å². The third-order valence-electron chi connectivity index (χ3n) is 1.76. The van der Waals surface area contributed by atoms with Crippen LogP contribution >= 0.6 is 11.6 Å². The van der Waals surface area contributed by atoms with Gasteiger partial charge in [-0.3, -0.25) is 4.79 Å². The average Bonchev–Trinajstić information content (AvgIpc) is 2.26. The molecule has 1 heterocycles. The van der Waals surface area contributed by atoms with Crippen molar-refractivity contribution < 1.29 is 4.79 Å². The highest BCUT2D eigenvalue weighted by Crippen LogP contribution is 2.15. The van der Waals surface area contributed by atoms with E-state index in [1.807, 2.05) is 6.07 Å². The summed E-state index contributed by atoms with van der Waals surface area (Å²) in [5.41, 5.74) is 1.11. The van der Waals surface area contributed by atoms with Crippen molar-refractivity contribution in [2.24, 2.45) is 0 Å². The minimum Gasteiger partial charge on any atom is -0.353 e. The van der Waals surface area contributed by atoms with E-state index in [9.17, 15) is 4.79 Å². The quantitative estimate of drug-likeness (QED) is 0.812. The number of rotatable bonds is 3. The van der Waals surface area contributed by atoms with Gasteiger partial charge in [0.2, 0.25) is 5.91 Å². The van der Waals surface area contributed by atoms with Crippen molar-refractivity contribution in [1.29, 1.82) is 5.26 Å². The number of amides is 1. The summed E-state index contributed by atoms with van der Waals surface area (Å²) in [4.78, 5) is 14.5. The Hall–Kier alpha value is -1.86. The Labute approximate surface area is 98.6 Å². The molecule has 82 valence electrons. The molecule has 0 fully saturated rings. The highest BCUT2D eigenvalue weighted by Gasteiger charge is 1.99. The topological polar surface area (TPSA) is 65.8 Å².